The number of rotatable bonds is 7. The van der Waals surface area contributed by atoms with Crippen LogP contribution in [-0.2, 0) is 6.54 Å². The number of aryl methyl sites for hydroxylation is 1. The SMILES string of the molecule is CCCNCc1sc(N2CCC(CN(C)C)CC2)nc1C. The van der Waals surface area contributed by atoms with Crippen molar-refractivity contribution in [3.63, 3.8) is 0 Å². The molecule has 0 spiro atoms. The molecule has 0 atom stereocenters. The molecular weight excluding hydrogens is 280 g/mol. The maximum atomic E-state index is 4.79. The van der Waals surface area contributed by atoms with Crippen LogP contribution in [0.15, 0.2) is 0 Å². The highest BCUT2D eigenvalue weighted by molar-refractivity contribution is 7.15. The standard InChI is InChI=1S/C16H30N4S/c1-5-8-17-11-15-13(2)18-16(21-15)20-9-6-14(7-10-20)12-19(3)4/h14,17H,5-12H2,1-4H3. The Morgan fingerprint density at radius 3 is 2.67 bits per heavy atom. The molecule has 1 aliphatic rings. The quantitative estimate of drug-likeness (QED) is 0.785. The Morgan fingerprint density at radius 2 is 2.05 bits per heavy atom. The van der Waals surface area contributed by atoms with Crippen LogP contribution in [0.4, 0.5) is 5.13 Å². The molecule has 0 amide bonds. The zero-order valence-electron chi connectivity index (χ0n) is 14.0. The normalized spacial score (nSPS) is 16.9. The van der Waals surface area contributed by atoms with Crippen LogP contribution in [0.25, 0.3) is 0 Å². The molecule has 0 radical (unpaired) electrons. The van der Waals surface area contributed by atoms with Gasteiger partial charge in [0, 0.05) is 31.1 Å². The number of anilines is 1. The summed E-state index contributed by atoms with van der Waals surface area (Å²) in [5.41, 5.74) is 1.20. The molecule has 1 fully saturated rings. The molecule has 0 unspecified atom stereocenters. The summed E-state index contributed by atoms with van der Waals surface area (Å²) in [6.07, 6.45) is 3.77. The number of aromatic nitrogens is 1. The molecule has 5 heteroatoms. The Hall–Kier alpha value is -0.650. The first-order valence-electron chi connectivity index (χ1n) is 8.16. The molecule has 0 saturated carbocycles. The lowest BCUT2D eigenvalue weighted by Gasteiger charge is -2.33. The highest BCUT2D eigenvalue weighted by Gasteiger charge is 2.22. The maximum absolute atomic E-state index is 4.79. The third-order valence-corrected chi connectivity index (χ3v) is 5.32. The van der Waals surface area contributed by atoms with Crippen LogP contribution < -0.4 is 10.2 Å². The van der Waals surface area contributed by atoms with Gasteiger partial charge in [-0.15, -0.1) is 11.3 Å². The van der Waals surface area contributed by atoms with Crippen LogP contribution in [0, 0.1) is 12.8 Å². The second-order valence-corrected chi connectivity index (χ2v) is 7.44. The Balaban J connectivity index is 1.87. The maximum Gasteiger partial charge on any atom is 0.185 e. The van der Waals surface area contributed by atoms with Gasteiger partial charge in [-0.2, -0.15) is 0 Å². The molecule has 120 valence electrons. The number of thiazole rings is 1. The van der Waals surface area contributed by atoms with Gasteiger partial charge in [-0.3, -0.25) is 0 Å². The van der Waals surface area contributed by atoms with E-state index < -0.39 is 0 Å². The molecule has 1 aliphatic heterocycles. The largest absolute Gasteiger partial charge is 0.348 e. The topological polar surface area (TPSA) is 31.4 Å². The van der Waals surface area contributed by atoms with Gasteiger partial charge >= 0.3 is 0 Å². The fraction of sp³-hybridized carbons (Fsp3) is 0.812. The third kappa shape index (κ3) is 4.94. The summed E-state index contributed by atoms with van der Waals surface area (Å²) in [6.45, 7) is 9.94. The van der Waals surface area contributed by atoms with Gasteiger partial charge in [0.25, 0.3) is 0 Å². The fourth-order valence-electron chi connectivity index (χ4n) is 2.91. The van der Waals surface area contributed by atoms with Crippen molar-refractivity contribution in [2.24, 2.45) is 5.92 Å². The Bertz CT molecular complexity index is 422. The van der Waals surface area contributed by atoms with Crippen LogP contribution in [0.5, 0.6) is 0 Å². The summed E-state index contributed by atoms with van der Waals surface area (Å²) in [7, 11) is 4.35. The van der Waals surface area contributed by atoms with Gasteiger partial charge in [-0.25, -0.2) is 4.98 Å². The average molecular weight is 311 g/mol. The number of nitrogens with zero attached hydrogens (tertiary/aromatic N) is 3. The van der Waals surface area contributed by atoms with Gasteiger partial charge in [0.05, 0.1) is 5.69 Å². The van der Waals surface area contributed by atoms with Crippen molar-refractivity contribution in [1.82, 2.24) is 15.2 Å². The van der Waals surface area contributed by atoms with E-state index in [1.54, 1.807) is 0 Å². The van der Waals surface area contributed by atoms with E-state index >= 15 is 0 Å². The molecule has 0 aliphatic carbocycles. The minimum Gasteiger partial charge on any atom is -0.348 e. The zero-order chi connectivity index (χ0) is 15.2. The van der Waals surface area contributed by atoms with Crippen molar-refractivity contribution in [1.29, 1.82) is 0 Å². The molecule has 2 heterocycles. The molecule has 21 heavy (non-hydrogen) atoms. The van der Waals surface area contributed by atoms with E-state index in [0.29, 0.717) is 0 Å². The van der Waals surface area contributed by atoms with Gasteiger partial charge in [-0.1, -0.05) is 6.92 Å². The molecule has 1 aromatic heterocycles. The zero-order valence-corrected chi connectivity index (χ0v) is 14.8. The number of nitrogens with one attached hydrogen (secondary N) is 1. The minimum absolute atomic E-state index is 0.850. The number of hydrogen-bond donors (Lipinski definition) is 1. The smallest absolute Gasteiger partial charge is 0.185 e. The highest BCUT2D eigenvalue weighted by atomic mass is 32.1. The van der Waals surface area contributed by atoms with Gasteiger partial charge < -0.3 is 15.1 Å². The van der Waals surface area contributed by atoms with Gasteiger partial charge in [0.1, 0.15) is 0 Å². The van der Waals surface area contributed by atoms with Gasteiger partial charge in [0.2, 0.25) is 0 Å². The van der Waals surface area contributed by atoms with Crippen molar-refractivity contribution in [3.05, 3.63) is 10.6 Å². The third-order valence-electron chi connectivity index (χ3n) is 4.10. The van der Waals surface area contributed by atoms with E-state index in [2.05, 4.69) is 43.1 Å². The summed E-state index contributed by atoms with van der Waals surface area (Å²) < 4.78 is 0. The lowest BCUT2D eigenvalue weighted by atomic mass is 9.97. The minimum atomic E-state index is 0.850. The summed E-state index contributed by atoms with van der Waals surface area (Å²) in [5, 5.41) is 4.71. The summed E-state index contributed by atoms with van der Waals surface area (Å²) in [5.74, 6) is 0.850. The van der Waals surface area contributed by atoms with E-state index in [1.165, 1.54) is 41.5 Å². The first kappa shape index (κ1) is 16.7. The fourth-order valence-corrected chi connectivity index (χ4v) is 4.00. The van der Waals surface area contributed by atoms with Crippen molar-refractivity contribution >= 4 is 16.5 Å². The van der Waals surface area contributed by atoms with Crippen LogP contribution >= 0.6 is 11.3 Å². The van der Waals surface area contributed by atoms with Gasteiger partial charge in [-0.05, 0) is 52.7 Å². The molecule has 1 N–H and O–H groups in total. The Labute approximate surface area is 133 Å². The summed E-state index contributed by atoms with van der Waals surface area (Å²) in [6, 6.07) is 0. The second-order valence-electron chi connectivity index (χ2n) is 6.37. The van der Waals surface area contributed by atoms with E-state index in [4.69, 9.17) is 4.98 Å². The van der Waals surface area contributed by atoms with Crippen molar-refractivity contribution in [2.45, 2.75) is 39.7 Å². The molecule has 0 aromatic carbocycles. The van der Waals surface area contributed by atoms with E-state index in [1.807, 2.05) is 11.3 Å². The lowest BCUT2D eigenvalue weighted by molar-refractivity contribution is 0.285. The van der Waals surface area contributed by atoms with Crippen molar-refractivity contribution in [3.8, 4) is 0 Å². The predicted molar refractivity (Wildman–Crippen MR) is 92.3 cm³/mol. The van der Waals surface area contributed by atoms with Crippen LogP contribution in [0.1, 0.15) is 36.8 Å². The predicted octanol–water partition coefficient (Wildman–Crippen LogP) is 2.73. The van der Waals surface area contributed by atoms with Gasteiger partial charge in [0.15, 0.2) is 5.13 Å². The first-order valence-corrected chi connectivity index (χ1v) is 8.98. The molecular formula is C16H30N4S. The Kier molecular flexibility index (Phi) is 6.45. The first-order chi connectivity index (χ1) is 10.1. The van der Waals surface area contributed by atoms with Crippen LogP contribution in [0.3, 0.4) is 0 Å². The number of piperidine rings is 1. The lowest BCUT2D eigenvalue weighted by Crippen LogP contribution is -2.37. The molecule has 0 bridgehead atoms. The summed E-state index contributed by atoms with van der Waals surface area (Å²) in [4.78, 5) is 11.0. The summed E-state index contributed by atoms with van der Waals surface area (Å²) >= 11 is 1.87. The molecule has 1 saturated heterocycles. The van der Waals surface area contributed by atoms with Crippen molar-refractivity contribution in [2.75, 3.05) is 45.2 Å². The highest BCUT2D eigenvalue weighted by Crippen LogP contribution is 2.29. The van der Waals surface area contributed by atoms with E-state index in [9.17, 15) is 0 Å². The van der Waals surface area contributed by atoms with Crippen molar-refractivity contribution < 1.29 is 0 Å². The Morgan fingerprint density at radius 1 is 1.33 bits per heavy atom. The second kappa shape index (κ2) is 8.11. The monoisotopic (exact) mass is 310 g/mol. The molecule has 1 aromatic rings. The molecule has 2 rings (SSSR count). The van der Waals surface area contributed by atoms with E-state index in [0.717, 1.165) is 32.1 Å². The average Bonchev–Trinajstić information content (AvgIpc) is 2.81. The van der Waals surface area contributed by atoms with Crippen LogP contribution in [-0.4, -0.2) is 50.2 Å². The molecule has 4 nitrogen and oxygen atoms in total. The van der Waals surface area contributed by atoms with E-state index in [-0.39, 0.29) is 0 Å². The number of hydrogen-bond acceptors (Lipinski definition) is 5. The van der Waals surface area contributed by atoms with Crippen LogP contribution in [0.2, 0.25) is 0 Å².